The summed E-state index contributed by atoms with van der Waals surface area (Å²) < 4.78 is 0. The molecule has 0 fully saturated rings. The standard InChI is InChI=1S/C41H36N4O2/c1-26-24-31(20-22-35(26)37-28(3)42-44(40(37)46)33-16-10-6-11-17-33)39(30-14-8-5-9-15-30)32-21-23-36(27(2)25-32)38-29(4)43-45(41(38)47)34-18-12-7-13-19-34/h5-25,37-39H,1-4H3. The van der Waals surface area contributed by atoms with E-state index in [1.54, 1.807) is 0 Å². The van der Waals surface area contributed by atoms with Gasteiger partial charge in [0, 0.05) is 5.92 Å². The molecule has 5 aromatic rings. The van der Waals surface area contributed by atoms with Crippen LogP contribution in [-0.4, -0.2) is 23.2 Å². The molecule has 2 aliphatic heterocycles. The maximum atomic E-state index is 13.6. The second kappa shape index (κ2) is 12.3. The average molecular weight is 617 g/mol. The Kier molecular flexibility index (Phi) is 7.86. The lowest BCUT2D eigenvalue weighted by Gasteiger charge is -2.23. The number of benzene rings is 5. The Morgan fingerprint density at radius 1 is 0.489 bits per heavy atom. The first-order valence-corrected chi connectivity index (χ1v) is 16.0. The highest BCUT2D eigenvalue weighted by Crippen LogP contribution is 2.39. The van der Waals surface area contributed by atoms with Gasteiger partial charge in [0.05, 0.1) is 22.8 Å². The summed E-state index contributed by atoms with van der Waals surface area (Å²) in [5, 5.41) is 12.3. The highest BCUT2D eigenvalue weighted by Gasteiger charge is 2.38. The molecule has 0 bridgehead atoms. The minimum absolute atomic E-state index is 0.0403. The van der Waals surface area contributed by atoms with Crippen molar-refractivity contribution in [1.82, 2.24) is 0 Å². The topological polar surface area (TPSA) is 65.3 Å². The van der Waals surface area contributed by atoms with Crippen LogP contribution in [0.3, 0.4) is 0 Å². The number of amides is 2. The molecule has 7 rings (SSSR count). The average Bonchev–Trinajstić information content (AvgIpc) is 3.55. The molecule has 0 aromatic heterocycles. The van der Waals surface area contributed by atoms with Gasteiger partial charge in [-0.3, -0.25) is 9.59 Å². The maximum Gasteiger partial charge on any atom is 0.260 e. The molecule has 6 heteroatoms. The summed E-state index contributed by atoms with van der Waals surface area (Å²) in [5.74, 6) is -0.972. The van der Waals surface area contributed by atoms with Gasteiger partial charge in [-0.2, -0.15) is 20.2 Å². The Bertz CT molecular complexity index is 1910. The van der Waals surface area contributed by atoms with Crippen LogP contribution in [-0.2, 0) is 9.59 Å². The molecule has 2 unspecified atom stereocenters. The van der Waals surface area contributed by atoms with E-state index < -0.39 is 11.8 Å². The van der Waals surface area contributed by atoms with Crippen LogP contribution in [0.25, 0.3) is 0 Å². The van der Waals surface area contributed by atoms with Crippen molar-refractivity contribution >= 4 is 34.6 Å². The number of para-hydroxylation sites is 2. The number of hydrogen-bond donors (Lipinski definition) is 0. The summed E-state index contributed by atoms with van der Waals surface area (Å²) in [6.07, 6.45) is 0. The van der Waals surface area contributed by atoms with E-state index in [1.165, 1.54) is 15.6 Å². The van der Waals surface area contributed by atoms with Crippen LogP contribution >= 0.6 is 0 Å². The monoisotopic (exact) mass is 616 g/mol. The van der Waals surface area contributed by atoms with Gasteiger partial charge in [0.25, 0.3) is 11.8 Å². The number of nitrogens with zero attached hydrogens (tertiary/aromatic N) is 4. The second-order valence-corrected chi connectivity index (χ2v) is 12.4. The van der Waals surface area contributed by atoms with Crippen molar-refractivity contribution in [2.45, 2.75) is 45.4 Å². The molecule has 6 nitrogen and oxygen atoms in total. The van der Waals surface area contributed by atoms with Gasteiger partial charge in [0.2, 0.25) is 0 Å². The van der Waals surface area contributed by atoms with Crippen LogP contribution in [0.4, 0.5) is 11.4 Å². The highest BCUT2D eigenvalue weighted by molar-refractivity contribution is 6.19. The first kappa shape index (κ1) is 30.1. The lowest BCUT2D eigenvalue weighted by atomic mass is 9.80. The second-order valence-electron chi connectivity index (χ2n) is 12.4. The first-order valence-electron chi connectivity index (χ1n) is 16.0. The lowest BCUT2D eigenvalue weighted by Crippen LogP contribution is -2.26. The summed E-state index contributed by atoms with van der Waals surface area (Å²) in [7, 11) is 0. The summed E-state index contributed by atoms with van der Waals surface area (Å²) in [6.45, 7) is 8.01. The van der Waals surface area contributed by atoms with E-state index in [-0.39, 0.29) is 17.7 Å². The molecular formula is C41H36N4O2. The molecule has 0 N–H and O–H groups in total. The van der Waals surface area contributed by atoms with Crippen molar-refractivity contribution in [3.8, 4) is 0 Å². The Morgan fingerprint density at radius 3 is 1.26 bits per heavy atom. The third kappa shape index (κ3) is 5.46. The zero-order valence-corrected chi connectivity index (χ0v) is 27.0. The predicted octanol–water partition coefficient (Wildman–Crippen LogP) is 8.50. The number of anilines is 2. The van der Waals surface area contributed by atoms with E-state index in [4.69, 9.17) is 0 Å². The smallest absolute Gasteiger partial charge is 0.260 e. The van der Waals surface area contributed by atoms with Gasteiger partial charge in [0.1, 0.15) is 11.8 Å². The van der Waals surface area contributed by atoms with Crippen molar-refractivity contribution in [3.05, 3.63) is 166 Å². The summed E-state index contributed by atoms with van der Waals surface area (Å²) in [6, 6.07) is 42.5. The number of hydrazone groups is 2. The van der Waals surface area contributed by atoms with Gasteiger partial charge in [0.15, 0.2) is 0 Å². The Hall–Kier alpha value is -5.62. The van der Waals surface area contributed by atoms with E-state index >= 15 is 0 Å². The Labute approximate surface area is 275 Å². The first-order chi connectivity index (χ1) is 22.8. The van der Waals surface area contributed by atoms with Crippen LogP contribution in [0, 0.1) is 13.8 Å². The van der Waals surface area contributed by atoms with Crippen molar-refractivity contribution in [2.24, 2.45) is 10.2 Å². The summed E-state index contributed by atoms with van der Waals surface area (Å²) >= 11 is 0. The lowest BCUT2D eigenvalue weighted by molar-refractivity contribution is -0.118. The van der Waals surface area contributed by atoms with Crippen LogP contribution in [0.2, 0.25) is 0 Å². The minimum atomic E-state index is -0.426. The molecule has 2 aliphatic rings. The Morgan fingerprint density at radius 2 is 0.872 bits per heavy atom. The van der Waals surface area contributed by atoms with E-state index in [0.717, 1.165) is 56.2 Å². The molecule has 0 radical (unpaired) electrons. The number of rotatable bonds is 7. The van der Waals surface area contributed by atoms with Crippen LogP contribution in [0.15, 0.2) is 138 Å². The maximum absolute atomic E-state index is 13.6. The third-order valence-corrected chi connectivity index (χ3v) is 9.27. The quantitative estimate of drug-likeness (QED) is 0.172. The predicted molar refractivity (Wildman–Crippen MR) is 189 cm³/mol. The van der Waals surface area contributed by atoms with Crippen LogP contribution in [0.5, 0.6) is 0 Å². The highest BCUT2D eigenvalue weighted by atomic mass is 16.2. The van der Waals surface area contributed by atoms with Crippen molar-refractivity contribution in [3.63, 3.8) is 0 Å². The van der Waals surface area contributed by atoms with Crippen LogP contribution in [0.1, 0.15) is 70.5 Å². The SMILES string of the molecule is CC1=NN(c2ccccc2)C(=O)C1c1ccc(C(c2ccccc2)c2ccc(C3C(=O)N(c4ccccc4)N=C3C)c(C)c2)cc1C. The van der Waals surface area contributed by atoms with Gasteiger partial charge in [-0.05, 0) is 90.9 Å². The number of carbonyl (C=O) groups is 2. The third-order valence-electron chi connectivity index (χ3n) is 9.27. The fourth-order valence-corrected chi connectivity index (χ4v) is 6.98. The van der Waals surface area contributed by atoms with Crippen molar-refractivity contribution < 1.29 is 9.59 Å². The molecular weight excluding hydrogens is 580 g/mol. The van der Waals surface area contributed by atoms with Gasteiger partial charge < -0.3 is 0 Å². The summed E-state index contributed by atoms with van der Waals surface area (Å²) in [4.78, 5) is 27.3. The van der Waals surface area contributed by atoms with E-state index in [0.29, 0.717) is 0 Å². The van der Waals surface area contributed by atoms with Crippen molar-refractivity contribution in [1.29, 1.82) is 0 Å². The van der Waals surface area contributed by atoms with E-state index in [2.05, 4.69) is 84.7 Å². The molecule has 0 saturated heterocycles. The number of hydrogen-bond acceptors (Lipinski definition) is 4. The fourth-order valence-electron chi connectivity index (χ4n) is 6.98. The molecule has 5 aromatic carbocycles. The molecule has 0 aliphatic carbocycles. The largest absolute Gasteiger partial charge is 0.271 e. The van der Waals surface area contributed by atoms with E-state index in [9.17, 15) is 9.59 Å². The van der Waals surface area contributed by atoms with Crippen molar-refractivity contribution in [2.75, 3.05) is 10.0 Å². The number of carbonyl (C=O) groups excluding carboxylic acids is 2. The van der Waals surface area contributed by atoms with E-state index in [1.807, 2.05) is 80.6 Å². The molecule has 0 saturated carbocycles. The zero-order chi connectivity index (χ0) is 32.7. The molecule has 232 valence electrons. The van der Waals surface area contributed by atoms with Gasteiger partial charge in [-0.1, -0.05) is 103 Å². The fraction of sp³-hybridized carbons (Fsp3) is 0.171. The number of aryl methyl sites for hydroxylation is 2. The zero-order valence-electron chi connectivity index (χ0n) is 27.0. The molecule has 2 amide bonds. The molecule has 2 atom stereocenters. The van der Waals surface area contributed by atoms with Crippen LogP contribution < -0.4 is 10.0 Å². The van der Waals surface area contributed by atoms with Gasteiger partial charge in [-0.25, -0.2) is 0 Å². The normalized spacial score (nSPS) is 18.4. The molecule has 2 heterocycles. The summed E-state index contributed by atoms with van der Waals surface area (Å²) in [5.41, 5.74) is 10.6. The van der Waals surface area contributed by atoms with Gasteiger partial charge >= 0.3 is 0 Å². The molecule has 0 spiro atoms. The van der Waals surface area contributed by atoms with Gasteiger partial charge in [-0.15, -0.1) is 0 Å². The minimum Gasteiger partial charge on any atom is -0.271 e. The Balaban J connectivity index is 1.22. The molecule has 47 heavy (non-hydrogen) atoms.